The maximum absolute atomic E-state index is 12.1. The Hall–Kier alpha value is -2.34. The number of carbonyl (C=O) groups is 1. The van der Waals surface area contributed by atoms with Crippen LogP contribution in [0.2, 0.25) is 0 Å². The topological polar surface area (TPSA) is 69.0 Å². The van der Waals surface area contributed by atoms with Gasteiger partial charge in [-0.25, -0.2) is 4.79 Å². The molecule has 1 aliphatic heterocycles. The summed E-state index contributed by atoms with van der Waals surface area (Å²) in [6, 6.07) is 4.04. The number of benzene rings is 1. The van der Waals surface area contributed by atoms with E-state index < -0.39 is 0 Å². The van der Waals surface area contributed by atoms with Gasteiger partial charge in [0.1, 0.15) is 18.1 Å². The second kappa shape index (κ2) is 9.21. The van der Waals surface area contributed by atoms with Gasteiger partial charge in [-0.15, -0.1) is 0 Å². The molecule has 0 atom stereocenters. The summed E-state index contributed by atoms with van der Waals surface area (Å²) in [5.41, 5.74) is 3.07. The van der Waals surface area contributed by atoms with Crippen LogP contribution in [0.3, 0.4) is 0 Å². The highest BCUT2D eigenvalue weighted by atomic mass is 16.5. The van der Waals surface area contributed by atoms with Crippen molar-refractivity contribution >= 4 is 16.9 Å². The molecule has 1 saturated carbocycles. The number of rotatable bonds is 6. The summed E-state index contributed by atoms with van der Waals surface area (Å²) < 4.78 is 17.1. The minimum atomic E-state index is -0.340. The monoisotopic (exact) mass is 413 g/mol. The van der Waals surface area contributed by atoms with E-state index in [1.165, 1.54) is 38.2 Å². The fourth-order valence-corrected chi connectivity index (χ4v) is 4.67. The first-order valence-corrected chi connectivity index (χ1v) is 11.2. The van der Waals surface area contributed by atoms with Crippen molar-refractivity contribution in [2.45, 2.75) is 77.8 Å². The Kier molecular flexibility index (Phi) is 6.42. The van der Waals surface area contributed by atoms with E-state index >= 15 is 0 Å². The van der Waals surface area contributed by atoms with Crippen LogP contribution in [-0.4, -0.2) is 30.2 Å². The predicted molar refractivity (Wildman–Crippen MR) is 115 cm³/mol. The molecule has 0 unspecified atom stereocenters. The summed E-state index contributed by atoms with van der Waals surface area (Å²) in [6.45, 7) is 5.60. The van der Waals surface area contributed by atoms with Gasteiger partial charge in [-0.05, 0) is 49.8 Å². The van der Waals surface area contributed by atoms with Crippen LogP contribution in [0.15, 0.2) is 21.3 Å². The van der Waals surface area contributed by atoms with Crippen molar-refractivity contribution in [3.63, 3.8) is 0 Å². The Morgan fingerprint density at radius 2 is 2.03 bits per heavy atom. The normalized spacial score (nSPS) is 17.5. The van der Waals surface area contributed by atoms with Gasteiger partial charge in [-0.1, -0.05) is 26.2 Å². The maximum atomic E-state index is 12.1. The molecule has 4 rings (SSSR count). The molecular formula is C24H31NO5. The third kappa shape index (κ3) is 4.38. The van der Waals surface area contributed by atoms with Crippen molar-refractivity contribution < 1.29 is 18.7 Å². The number of hydrogen-bond donors (Lipinski definition) is 0. The zero-order valence-electron chi connectivity index (χ0n) is 18.0. The van der Waals surface area contributed by atoms with E-state index in [0.717, 1.165) is 34.2 Å². The highest BCUT2D eigenvalue weighted by Gasteiger charge is 2.30. The molecule has 0 amide bonds. The van der Waals surface area contributed by atoms with E-state index in [4.69, 9.17) is 13.9 Å². The van der Waals surface area contributed by atoms with Crippen molar-refractivity contribution in [1.29, 1.82) is 0 Å². The minimum Gasteiger partial charge on any atom is -0.477 e. The lowest BCUT2D eigenvalue weighted by Gasteiger charge is -2.38. The van der Waals surface area contributed by atoms with E-state index in [1.54, 1.807) is 0 Å². The Labute approximate surface area is 177 Å². The van der Waals surface area contributed by atoms with E-state index in [0.29, 0.717) is 44.3 Å². The van der Waals surface area contributed by atoms with Crippen molar-refractivity contribution in [2.75, 3.05) is 13.3 Å². The summed E-state index contributed by atoms with van der Waals surface area (Å²) >= 11 is 0. The summed E-state index contributed by atoms with van der Waals surface area (Å²) in [5.74, 6) is 0.577. The Bertz CT molecular complexity index is 974. The van der Waals surface area contributed by atoms with Gasteiger partial charge in [-0.3, -0.25) is 9.69 Å². The van der Waals surface area contributed by atoms with Crippen LogP contribution in [0.25, 0.3) is 11.0 Å². The summed E-state index contributed by atoms with van der Waals surface area (Å²) in [6.07, 6.45) is 7.84. The molecule has 0 saturated heterocycles. The Morgan fingerprint density at radius 3 is 2.80 bits per heavy atom. The molecule has 0 bridgehead atoms. The number of fused-ring (bicyclic) bond motifs is 3. The molecule has 1 aliphatic carbocycles. The van der Waals surface area contributed by atoms with Crippen molar-refractivity contribution in [3.05, 3.63) is 39.2 Å². The van der Waals surface area contributed by atoms with Crippen LogP contribution in [0.5, 0.6) is 5.75 Å². The second-order valence-electron chi connectivity index (χ2n) is 8.50. The quantitative estimate of drug-likeness (QED) is 0.514. The van der Waals surface area contributed by atoms with Crippen molar-refractivity contribution in [2.24, 2.45) is 0 Å². The van der Waals surface area contributed by atoms with Gasteiger partial charge in [0.05, 0.1) is 12.2 Å². The van der Waals surface area contributed by atoms with Crippen LogP contribution in [0, 0.1) is 6.92 Å². The number of aryl methyl sites for hydroxylation is 2. The fraction of sp³-hybridized carbons (Fsp3) is 0.583. The van der Waals surface area contributed by atoms with E-state index in [-0.39, 0.29) is 11.6 Å². The van der Waals surface area contributed by atoms with Gasteiger partial charge in [0.25, 0.3) is 0 Å². The summed E-state index contributed by atoms with van der Waals surface area (Å²) in [5, 5.41) is 0.916. The van der Waals surface area contributed by atoms with Crippen LogP contribution in [0.4, 0.5) is 0 Å². The molecule has 1 aromatic carbocycles. The van der Waals surface area contributed by atoms with Gasteiger partial charge in [0, 0.05) is 30.5 Å². The first kappa shape index (κ1) is 20.9. The lowest BCUT2D eigenvalue weighted by Crippen LogP contribution is -2.41. The van der Waals surface area contributed by atoms with Gasteiger partial charge in [-0.2, -0.15) is 0 Å². The van der Waals surface area contributed by atoms with Crippen LogP contribution < -0.4 is 10.4 Å². The SMILES string of the molecule is CCCOC(=O)CCc1cc2c(C)cc(=O)oc2c2c1OCN(C1CCCCC1)C2. The Morgan fingerprint density at radius 1 is 1.23 bits per heavy atom. The molecule has 0 spiro atoms. The largest absolute Gasteiger partial charge is 0.477 e. The highest BCUT2D eigenvalue weighted by Crippen LogP contribution is 2.39. The first-order valence-electron chi connectivity index (χ1n) is 11.2. The fourth-order valence-electron chi connectivity index (χ4n) is 4.67. The number of esters is 1. The predicted octanol–water partition coefficient (Wildman–Crippen LogP) is 4.47. The lowest BCUT2D eigenvalue weighted by atomic mass is 9.92. The smallest absolute Gasteiger partial charge is 0.336 e. The average Bonchev–Trinajstić information content (AvgIpc) is 2.76. The number of ether oxygens (including phenoxy) is 2. The van der Waals surface area contributed by atoms with Gasteiger partial charge in [0.2, 0.25) is 0 Å². The lowest BCUT2D eigenvalue weighted by molar-refractivity contribution is -0.143. The number of carbonyl (C=O) groups excluding carboxylic acids is 1. The number of hydrogen-bond acceptors (Lipinski definition) is 6. The van der Waals surface area contributed by atoms with Crippen molar-refractivity contribution in [3.8, 4) is 5.75 Å². The standard InChI is InChI=1S/C24H31NO5/c1-3-11-28-21(26)10-9-17-13-19-16(2)12-22(27)30-24(19)20-14-25(15-29-23(17)20)18-7-5-4-6-8-18/h12-13,18H,3-11,14-15H2,1-2H3. The molecule has 1 aromatic heterocycles. The third-order valence-electron chi connectivity index (χ3n) is 6.26. The Balaban J connectivity index is 1.68. The third-order valence-corrected chi connectivity index (χ3v) is 6.26. The highest BCUT2D eigenvalue weighted by molar-refractivity contribution is 5.86. The van der Waals surface area contributed by atoms with Gasteiger partial charge in [0.15, 0.2) is 0 Å². The second-order valence-corrected chi connectivity index (χ2v) is 8.50. The van der Waals surface area contributed by atoms with E-state index in [1.807, 2.05) is 19.9 Å². The molecule has 162 valence electrons. The van der Waals surface area contributed by atoms with Crippen LogP contribution >= 0.6 is 0 Å². The molecular weight excluding hydrogens is 382 g/mol. The molecule has 0 N–H and O–H groups in total. The average molecular weight is 414 g/mol. The zero-order chi connectivity index (χ0) is 21.1. The molecule has 0 radical (unpaired) electrons. The molecule has 2 aliphatic rings. The zero-order valence-corrected chi connectivity index (χ0v) is 18.0. The molecule has 1 fully saturated rings. The molecule has 6 heteroatoms. The minimum absolute atomic E-state index is 0.193. The maximum Gasteiger partial charge on any atom is 0.336 e. The van der Waals surface area contributed by atoms with Crippen LogP contribution in [0.1, 0.15) is 68.6 Å². The van der Waals surface area contributed by atoms with Crippen LogP contribution in [-0.2, 0) is 22.5 Å². The summed E-state index contributed by atoms with van der Waals surface area (Å²) in [4.78, 5) is 26.5. The first-order chi connectivity index (χ1) is 14.6. The van der Waals surface area contributed by atoms with E-state index in [2.05, 4.69) is 4.90 Å². The summed E-state index contributed by atoms with van der Waals surface area (Å²) in [7, 11) is 0. The van der Waals surface area contributed by atoms with E-state index in [9.17, 15) is 9.59 Å². The number of nitrogens with zero attached hydrogens (tertiary/aromatic N) is 1. The van der Waals surface area contributed by atoms with Crippen molar-refractivity contribution in [1.82, 2.24) is 4.90 Å². The molecule has 6 nitrogen and oxygen atoms in total. The molecule has 2 heterocycles. The molecule has 30 heavy (non-hydrogen) atoms. The molecule has 2 aromatic rings. The van der Waals surface area contributed by atoms with Gasteiger partial charge < -0.3 is 13.9 Å². The van der Waals surface area contributed by atoms with Gasteiger partial charge >= 0.3 is 11.6 Å².